The van der Waals surface area contributed by atoms with E-state index < -0.39 is 0 Å². The number of hydrogen-bond donors (Lipinski definition) is 2. The van der Waals surface area contributed by atoms with E-state index in [9.17, 15) is 4.39 Å². The van der Waals surface area contributed by atoms with Crippen molar-refractivity contribution in [3.63, 3.8) is 0 Å². The van der Waals surface area contributed by atoms with Gasteiger partial charge in [0.25, 0.3) is 0 Å². The van der Waals surface area contributed by atoms with Gasteiger partial charge in [-0.05, 0) is 80.0 Å². The molecule has 3 rings (SSSR count). The van der Waals surface area contributed by atoms with Gasteiger partial charge in [0.05, 0.1) is 17.1 Å². The van der Waals surface area contributed by atoms with Crippen LogP contribution in [0.15, 0.2) is 48.7 Å². The monoisotopic (exact) mass is 492 g/mol. The highest BCUT2D eigenvalue weighted by Gasteiger charge is 2.10. The third kappa shape index (κ3) is 5.83. The van der Waals surface area contributed by atoms with Crippen LogP contribution >= 0.6 is 22.6 Å². The second-order valence-corrected chi connectivity index (χ2v) is 7.76. The molecule has 0 bridgehead atoms. The molecule has 0 aliphatic carbocycles. The van der Waals surface area contributed by atoms with Crippen molar-refractivity contribution in [2.24, 2.45) is 0 Å². The number of pyridine rings is 1. The number of benzene rings is 1. The smallest absolute Gasteiger partial charge is 0.225 e. The van der Waals surface area contributed by atoms with Gasteiger partial charge in [0.15, 0.2) is 0 Å². The molecule has 0 atom stereocenters. The van der Waals surface area contributed by atoms with Gasteiger partial charge in [-0.25, -0.2) is 9.37 Å². The molecule has 0 aliphatic heterocycles. The van der Waals surface area contributed by atoms with Gasteiger partial charge in [0.1, 0.15) is 11.6 Å². The van der Waals surface area contributed by atoms with Crippen molar-refractivity contribution in [3.05, 3.63) is 58.0 Å². The van der Waals surface area contributed by atoms with E-state index in [2.05, 4.69) is 53.1 Å². The van der Waals surface area contributed by atoms with Gasteiger partial charge < -0.3 is 15.5 Å². The van der Waals surface area contributed by atoms with E-state index in [1.807, 2.05) is 38.4 Å². The topological polar surface area (TPSA) is 66.0 Å². The quantitative estimate of drug-likeness (QED) is 0.359. The highest BCUT2D eigenvalue weighted by molar-refractivity contribution is 14.1. The molecule has 3 aromatic rings. The molecule has 2 N–H and O–H groups in total. The Bertz CT molecular complexity index is 920. The summed E-state index contributed by atoms with van der Waals surface area (Å²) in [4.78, 5) is 15.5. The van der Waals surface area contributed by atoms with E-state index >= 15 is 0 Å². The summed E-state index contributed by atoms with van der Waals surface area (Å²) in [5.74, 6) is 0.659. The summed E-state index contributed by atoms with van der Waals surface area (Å²) < 4.78 is 15.1. The van der Waals surface area contributed by atoms with Gasteiger partial charge in [0.2, 0.25) is 5.95 Å². The van der Waals surface area contributed by atoms with Crippen LogP contribution < -0.4 is 10.6 Å². The van der Waals surface area contributed by atoms with Crippen molar-refractivity contribution < 1.29 is 4.39 Å². The standard InChI is InChI=1S/C20H22FIN6/c1-28(2)11-5-10-24-20-26-18(17-6-3-4-9-23-17)13-19(27-20)25-16-8-7-14(22)12-15(16)21/h3-4,6-9,12-13H,5,10-11H2,1-2H3,(H2,24,25,26,27). The Morgan fingerprint density at radius 2 is 1.93 bits per heavy atom. The van der Waals surface area contributed by atoms with Crippen LogP contribution in [0.25, 0.3) is 11.4 Å². The first-order valence-corrected chi connectivity index (χ1v) is 10.0. The van der Waals surface area contributed by atoms with E-state index in [0.29, 0.717) is 23.1 Å². The number of anilines is 3. The summed E-state index contributed by atoms with van der Waals surface area (Å²) in [7, 11) is 4.08. The van der Waals surface area contributed by atoms with Gasteiger partial charge in [-0.2, -0.15) is 4.98 Å². The van der Waals surface area contributed by atoms with Gasteiger partial charge in [0, 0.05) is 22.4 Å². The van der Waals surface area contributed by atoms with E-state index in [4.69, 9.17) is 0 Å². The van der Waals surface area contributed by atoms with Crippen LogP contribution in [-0.4, -0.2) is 47.0 Å². The first-order valence-electron chi connectivity index (χ1n) is 8.92. The second kappa shape index (κ2) is 9.74. The first-order chi connectivity index (χ1) is 13.5. The fraction of sp³-hybridized carbons (Fsp3) is 0.250. The fourth-order valence-corrected chi connectivity index (χ4v) is 3.01. The summed E-state index contributed by atoms with van der Waals surface area (Å²) in [6.07, 6.45) is 2.67. The Morgan fingerprint density at radius 3 is 2.64 bits per heavy atom. The van der Waals surface area contributed by atoms with Crippen molar-refractivity contribution in [2.75, 3.05) is 37.8 Å². The molecule has 0 spiro atoms. The molecule has 0 amide bonds. The maximum atomic E-state index is 14.2. The van der Waals surface area contributed by atoms with Crippen molar-refractivity contribution in [1.82, 2.24) is 19.9 Å². The Labute approximate surface area is 177 Å². The lowest BCUT2D eigenvalue weighted by Crippen LogP contribution is -2.17. The highest BCUT2D eigenvalue weighted by atomic mass is 127. The van der Waals surface area contributed by atoms with Crippen LogP contribution in [-0.2, 0) is 0 Å². The van der Waals surface area contributed by atoms with Gasteiger partial charge in [-0.15, -0.1) is 0 Å². The maximum absolute atomic E-state index is 14.2. The summed E-state index contributed by atoms with van der Waals surface area (Å²) in [5, 5.41) is 6.30. The minimum Gasteiger partial charge on any atom is -0.354 e. The number of nitrogens with zero attached hydrogens (tertiary/aromatic N) is 4. The minimum atomic E-state index is -0.328. The average molecular weight is 492 g/mol. The van der Waals surface area contributed by atoms with Crippen molar-refractivity contribution >= 4 is 40.0 Å². The lowest BCUT2D eigenvalue weighted by atomic mass is 10.2. The summed E-state index contributed by atoms with van der Waals surface area (Å²) >= 11 is 2.08. The number of halogens is 2. The van der Waals surface area contributed by atoms with Crippen molar-refractivity contribution in [3.8, 4) is 11.4 Å². The molecule has 0 fully saturated rings. The zero-order valence-electron chi connectivity index (χ0n) is 15.8. The summed E-state index contributed by atoms with van der Waals surface area (Å²) in [6, 6.07) is 12.4. The third-order valence-electron chi connectivity index (χ3n) is 3.91. The molecule has 8 heteroatoms. The molecule has 0 radical (unpaired) electrons. The van der Waals surface area contributed by atoms with Crippen LogP contribution in [0.1, 0.15) is 6.42 Å². The van der Waals surface area contributed by atoms with E-state index in [0.717, 1.165) is 28.8 Å². The van der Waals surface area contributed by atoms with Crippen LogP contribution in [0.2, 0.25) is 0 Å². The normalized spacial score (nSPS) is 10.9. The van der Waals surface area contributed by atoms with Gasteiger partial charge in [-0.3, -0.25) is 4.98 Å². The second-order valence-electron chi connectivity index (χ2n) is 6.51. The number of nitrogens with one attached hydrogen (secondary N) is 2. The molecule has 0 saturated carbocycles. The van der Waals surface area contributed by atoms with Crippen LogP contribution in [0.4, 0.5) is 21.8 Å². The predicted octanol–water partition coefficient (Wildman–Crippen LogP) is 4.39. The zero-order valence-corrected chi connectivity index (χ0v) is 17.9. The molecular formula is C20H22FIN6. The SMILES string of the molecule is CN(C)CCCNc1nc(Nc2ccc(I)cc2F)cc(-c2ccccn2)n1. The van der Waals surface area contributed by atoms with Crippen molar-refractivity contribution in [1.29, 1.82) is 0 Å². The fourth-order valence-electron chi connectivity index (χ4n) is 2.56. The average Bonchev–Trinajstić information content (AvgIpc) is 2.68. The minimum absolute atomic E-state index is 0.328. The Kier molecular flexibility index (Phi) is 7.10. The molecule has 146 valence electrons. The number of rotatable bonds is 8. The molecular weight excluding hydrogens is 470 g/mol. The largest absolute Gasteiger partial charge is 0.354 e. The van der Waals surface area contributed by atoms with Crippen molar-refractivity contribution in [2.45, 2.75) is 6.42 Å². The molecule has 28 heavy (non-hydrogen) atoms. The Morgan fingerprint density at radius 1 is 1.07 bits per heavy atom. The molecule has 1 aromatic carbocycles. The van der Waals surface area contributed by atoms with Crippen LogP contribution in [0.5, 0.6) is 0 Å². The predicted molar refractivity (Wildman–Crippen MR) is 119 cm³/mol. The number of hydrogen-bond acceptors (Lipinski definition) is 6. The number of aromatic nitrogens is 3. The Balaban J connectivity index is 1.86. The molecule has 0 unspecified atom stereocenters. The molecule has 2 aromatic heterocycles. The van der Waals surface area contributed by atoms with Gasteiger partial charge >= 0.3 is 0 Å². The van der Waals surface area contributed by atoms with Gasteiger partial charge in [-0.1, -0.05) is 6.07 Å². The molecule has 6 nitrogen and oxygen atoms in total. The molecule has 2 heterocycles. The maximum Gasteiger partial charge on any atom is 0.225 e. The summed E-state index contributed by atoms with van der Waals surface area (Å²) in [6.45, 7) is 1.70. The lowest BCUT2D eigenvalue weighted by molar-refractivity contribution is 0.405. The third-order valence-corrected chi connectivity index (χ3v) is 4.58. The highest BCUT2D eigenvalue weighted by Crippen LogP contribution is 2.24. The summed E-state index contributed by atoms with van der Waals surface area (Å²) in [5.41, 5.74) is 1.76. The van der Waals surface area contributed by atoms with Crippen LogP contribution in [0.3, 0.4) is 0 Å². The molecule has 0 saturated heterocycles. The first kappa shape index (κ1) is 20.4. The zero-order chi connectivity index (χ0) is 19.9. The van der Waals surface area contributed by atoms with E-state index in [-0.39, 0.29) is 5.82 Å². The molecule has 0 aliphatic rings. The Hall–Kier alpha value is -2.33. The van der Waals surface area contributed by atoms with Crippen LogP contribution in [0, 0.1) is 9.39 Å². The van der Waals surface area contributed by atoms with E-state index in [1.54, 1.807) is 18.3 Å². The lowest BCUT2D eigenvalue weighted by Gasteiger charge is -2.13. The van der Waals surface area contributed by atoms with E-state index in [1.165, 1.54) is 6.07 Å².